The number of carbonyl (C=O) groups is 7. The highest BCUT2D eigenvalue weighted by Crippen LogP contribution is 2.70. The van der Waals surface area contributed by atoms with Crippen LogP contribution in [0.4, 0.5) is 5.69 Å². The number of hydrogen-bond donors (Lipinski definition) is 5. The molecule has 0 spiro atoms. The zero-order chi connectivity index (χ0) is 45.7. The second kappa shape index (κ2) is 17.6. The molecule has 3 saturated carbocycles. The molecule has 2 heterocycles. The predicted molar refractivity (Wildman–Crippen MR) is 234 cm³/mol. The smallest absolute Gasteiger partial charge is 0.253 e. The lowest BCUT2D eigenvalue weighted by molar-refractivity contribution is -0.201. The van der Waals surface area contributed by atoms with E-state index >= 15 is 0 Å². The lowest BCUT2D eigenvalue weighted by Gasteiger charge is -2.59. The van der Waals surface area contributed by atoms with E-state index in [1.165, 1.54) is 13.8 Å². The molecule has 15 nitrogen and oxygen atoms in total. The maximum Gasteiger partial charge on any atom is 0.253 e. The monoisotopic (exact) mass is 894 g/mol. The number of allylic oxidation sites excluding steroid dienone is 4. The van der Waals surface area contributed by atoms with Crippen LogP contribution in [-0.4, -0.2) is 99.3 Å². The number of benzene rings is 2. The van der Waals surface area contributed by atoms with Gasteiger partial charge in [-0.2, -0.15) is 0 Å². The van der Waals surface area contributed by atoms with Gasteiger partial charge in [-0.15, -0.1) is 11.8 Å². The lowest BCUT2D eigenvalue weighted by atomic mass is 9.46. The number of carbonyl (C=O) groups excluding carboxylic acids is 7. The van der Waals surface area contributed by atoms with Crippen molar-refractivity contribution in [3.05, 3.63) is 95.6 Å². The molecular weight excluding hydrogens is 841 g/mol. The second-order valence-corrected chi connectivity index (χ2v) is 19.4. The van der Waals surface area contributed by atoms with E-state index < -0.39 is 88.9 Å². The third-order valence-electron chi connectivity index (χ3n) is 14.5. The minimum Gasteiger partial charge on any atom is -0.393 e. The van der Waals surface area contributed by atoms with Gasteiger partial charge in [0, 0.05) is 63.8 Å². The minimum absolute atomic E-state index is 0.00283. The summed E-state index contributed by atoms with van der Waals surface area (Å²) in [5.74, 6) is -2.51. The van der Waals surface area contributed by atoms with Gasteiger partial charge < -0.3 is 35.6 Å². The number of thioether (sulfide) groups is 1. The Balaban J connectivity index is 0.845. The Bertz CT molecular complexity index is 2350. The average Bonchev–Trinajstić information content (AvgIpc) is 3.89. The summed E-state index contributed by atoms with van der Waals surface area (Å²) < 4.78 is 13.4. The van der Waals surface area contributed by atoms with Crippen molar-refractivity contribution >= 4 is 58.6 Å². The van der Waals surface area contributed by atoms with Crippen molar-refractivity contribution in [3.8, 4) is 0 Å². The average molecular weight is 895 g/mol. The van der Waals surface area contributed by atoms with E-state index in [9.17, 15) is 43.8 Å². The first-order chi connectivity index (χ1) is 30.5. The Morgan fingerprint density at radius 2 is 1.67 bits per heavy atom. The molecule has 8 rings (SSSR count). The summed E-state index contributed by atoms with van der Waals surface area (Å²) in [6.07, 6.45) is 7.52. The van der Waals surface area contributed by atoms with Crippen LogP contribution < -0.4 is 16.0 Å². The van der Waals surface area contributed by atoms with Gasteiger partial charge in [0.1, 0.15) is 18.7 Å². The topological polar surface area (TPSA) is 218 Å². The maximum absolute atomic E-state index is 13.9. The van der Waals surface area contributed by atoms with Crippen molar-refractivity contribution < 1.29 is 53.2 Å². The van der Waals surface area contributed by atoms with Crippen molar-refractivity contribution in [1.29, 1.82) is 0 Å². The Kier molecular flexibility index (Phi) is 12.5. The highest BCUT2D eigenvalue weighted by molar-refractivity contribution is 7.98. The molecule has 64 heavy (non-hydrogen) atoms. The maximum atomic E-state index is 13.9. The summed E-state index contributed by atoms with van der Waals surface area (Å²) in [4.78, 5) is 89.6. The second-order valence-electron chi connectivity index (χ2n) is 18.3. The number of aliphatic hydroxyl groups excluding tert-OH is 2. The molecule has 2 aromatic carbocycles. The number of nitrogens with one attached hydrogen (secondary N) is 3. The van der Waals surface area contributed by atoms with E-state index in [4.69, 9.17) is 9.47 Å². The Hall–Kier alpha value is -5.26. The molecule has 6 aliphatic rings. The lowest BCUT2D eigenvalue weighted by Crippen LogP contribution is -2.63. The molecule has 5 amide bonds. The first-order valence-corrected chi connectivity index (χ1v) is 22.8. The van der Waals surface area contributed by atoms with Gasteiger partial charge in [-0.3, -0.25) is 38.5 Å². The molecule has 4 fully saturated rings. The zero-order valence-corrected chi connectivity index (χ0v) is 37.0. The fourth-order valence-electron chi connectivity index (χ4n) is 11.3. The Morgan fingerprint density at radius 1 is 0.953 bits per heavy atom. The number of aliphatic hydroxyl groups is 2. The summed E-state index contributed by atoms with van der Waals surface area (Å²) in [6.45, 7) is 6.29. The molecule has 2 aromatic rings. The molecule has 0 bridgehead atoms. The normalized spacial score (nSPS) is 32.2. The third-order valence-corrected chi connectivity index (χ3v) is 15.6. The quantitative estimate of drug-likeness (QED) is 0.135. The van der Waals surface area contributed by atoms with Gasteiger partial charge in [0.05, 0.1) is 12.2 Å². The van der Waals surface area contributed by atoms with E-state index in [-0.39, 0.29) is 36.5 Å². The van der Waals surface area contributed by atoms with Crippen LogP contribution >= 0.6 is 11.8 Å². The highest BCUT2D eigenvalue weighted by atomic mass is 32.2. The molecule has 2 aliphatic heterocycles. The number of amides is 5. The Morgan fingerprint density at radius 3 is 2.39 bits per heavy atom. The standard InChI is InChI=1S/C48H54N4O11S/c1-26(49-39(57)17-19-52-40(58)14-15-41(52)59)43(60)50-27(2)44(61)51-31-6-5-7-33(21-31)64-25-28-8-10-29(11-9-28)45-62-38-22-35-34-13-12-30-20-32(54)16-18-46(30,3)42(34)36(55)23-47(35,4)48(38,63-45)37(56)24-53/h5-11,14-16,18,20-21,26-27,34-36,38,42,45,53,55H,12-13,17,19,22-25H2,1-4H3,(H,49,57)(H,50,60)(H,51,61)/t26-,27-,34-,35-,36-,38+,42+,45+,46-,47-,48+/m0/s1. The molecule has 16 heteroatoms. The van der Waals surface area contributed by atoms with Crippen LogP contribution in [-0.2, 0) is 48.8 Å². The van der Waals surface area contributed by atoms with E-state index in [0.29, 0.717) is 24.3 Å². The number of fused-ring (bicyclic) bond motifs is 7. The summed E-state index contributed by atoms with van der Waals surface area (Å²) >= 11 is 1.55. The highest BCUT2D eigenvalue weighted by Gasteiger charge is 2.76. The van der Waals surface area contributed by atoms with Gasteiger partial charge in [-0.05, 0) is 87.3 Å². The van der Waals surface area contributed by atoms with Crippen molar-refractivity contribution in [2.75, 3.05) is 18.5 Å². The van der Waals surface area contributed by atoms with Gasteiger partial charge in [0.15, 0.2) is 23.5 Å². The molecule has 338 valence electrons. The molecule has 5 N–H and O–H groups in total. The summed E-state index contributed by atoms with van der Waals surface area (Å²) in [7, 11) is 0. The van der Waals surface area contributed by atoms with E-state index in [1.807, 2.05) is 55.5 Å². The van der Waals surface area contributed by atoms with Crippen LogP contribution in [0, 0.1) is 28.6 Å². The number of hydrogen-bond acceptors (Lipinski definition) is 12. The van der Waals surface area contributed by atoms with Crippen LogP contribution in [0.3, 0.4) is 0 Å². The van der Waals surface area contributed by atoms with Crippen molar-refractivity contribution in [2.24, 2.45) is 28.6 Å². The van der Waals surface area contributed by atoms with Crippen LogP contribution in [0.2, 0.25) is 0 Å². The van der Waals surface area contributed by atoms with Crippen molar-refractivity contribution in [1.82, 2.24) is 15.5 Å². The fourth-order valence-corrected chi connectivity index (χ4v) is 12.2. The number of Topliss-reactive ketones (excluding diaryl/α,β-unsaturated/α-hetero) is 1. The van der Waals surface area contributed by atoms with Gasteiger partial charge >= 0.3 is 0 Å². The number of rotatable bonds is 14. The molecule has 0 radical (unpaired) electrons. The van der Waals surface area contributed by atoms with Gasteiger partial charge in [-0.1, -0.05) is 55.8 Å². The van der Waals surface area contributed by atoms with Gasteiger partial charge in [0.2, 0.25) is 17.7 Å². The van der Waals surface area contributed by atoms with Crippen LogP contribution in [0.25, 0.3) is 0 Å². The SMILES string of the molecule is C[C@H](NC(=O)CCN1C(=O)C=CC1=O)C(=O)N[C@@H](C)C(=O)Nc1cccc(SCc2ccc([C@@H]3O[C@@H]4C[C@H]5[C@@H]6CCC7=CC(=O)C=C[C@]7(C)[C@H]6[C@@H](O)C[C@]5(C)[C@]4(C(=O)CO)O3)cc2)c1. The van der Waals surface area contributed by atoms with E-state index in [1.54, 1.807) is 30.0 Å². The zero-order valence-electron chi connectivity index (χ0n) is 36.2. The van der Waals surface area contributed by atoms with Crippen molar-refractivity contribution in [2.45, 2.75) is 107 Å². The number of anilines is 1. The van der Waals surface area contributed by atoms with Crippen LogP contribution in [0.15, 0.2) is 89.4 Å². The minimum atomic E-state index is -1.44. The largest absolute Gasteiger partial charge is 0.393 e. The molecule has 0 aromatic heterocycles. The van der Waals surface area contributed by atoms with E-state index in [2.05, 4.69) is 22.9 Å². The summed E-state index contributed by atoms with van der Waals surface area (Å²) in [5, 5.41) is 30.2. The predicted octanol–water partition coefficient (Wildman–Crippen LogP) is 3.84. The number of ketones is 2. The first-order valence-electron chi connectivity index (χ1n) is 21.8. The van der Waals surface area contributed by atoms with E-state index in [0.717, 1.165) is 51.5 Å². The summed E-state index contributed by atoms with van der Waals surface area (Å²) in [6, 6.07) is 13.1. The number of ether oxygens (including phenoxy) is 2. The molecule has 0 unspecified atom stereocenters. The van der Waals surface area contributed by atoms with Crippen LogP contribution in [0.5, 0.6) is 0 Å². The number of nitrogens with zero attached hydrogens (tertiary/aromatic N) is 1. The molecule has 4 aliphatic carbocycles. The van der Waals surface area contributed by atoms with Crippen molar-refractivity contribution in [3.63, 3.8) is 0 Å². The van der Waals surface area contributed by atoms with Gasteiger partial charge in [-0.25, -0.2) is 0 Å². The first kappa shape index (κ1) is 45.3. The number of imide groups is 1. The molecular formula is C48H54N4O11S. The third kappa shape index (κ3) is 8.08. The fraction of sp³-hybridized carbons (Fsp3) is 0.479. The summed E-state index contributed by atoms with van der Waals surface area (Å²) in [5.41, 5.74) is 0.612. The van der Waals surface area contributed by atoms with Gasteiger partial charge in [0.25, 0.3) is 11.8 Å². The Labute approximate surface area is 375 Å². The molecule has 11 atom stereocenters. The van der Waals surface area contributed by atoms with Crippen LogP contribution in [0.1, 0.15) is 77.2 Å². The molecule has 1 saturated heterocycles.